The maximum atomic E-state index is 12.0. The van der Waals surface area contributed by atoms with Gasteiger partial charge < -0.3 is 15.4 Å². The number of amides is 2. The topological polar surface area (TPSA) is 76.1 Å². The molecule has 6 nitrogen and oxygen atoms in total. The zero-order valence-corrected chi connectivity index (χ0v) is 13.3. The van der Waals surface area contributed by atoms with Gasteiger partial charge in [-0.15, -0.1) is 0 Å². The Morgan fingerprint density at radius 1 is 1.32 bits per heavy atom. The van der Waals surface area contributed by atoms with Gasteiger partial charge in [-0.1, -0.05) is 32.1 Å². The van der Waals surface area contributed by atoms with Crippen LogP contribution < -0.4 is 10.6 Å². The zero-order valence-electron chi connectivity index (χ0n) is 13.3. The first-order chi connectivity index (χ1) is 10.8. The van der Waals surface area contributed by atoms with E-state index < -0.39 is 0 Å². The van der Waals surface area contributed by atoms with Crippen LogP contribution in [0.15, 0.2) is 18.5 Å². The fraction of sp³-hybridized carbons (Fsp3) is 0.688. The number of urea groups is 1. The molecule has 1 aromatic heterocycles. The summed E-state index contributed by atoms with van der Waals surface area (Å²) < 4.78 is 4.94. The van der Waals surface area contributed by atoms with E-state index in [1.165, 1.54) is 32.1 Å². The van der Waals surface area contributed by atoms with Crippen LogP contribution in [0.25, 0.3) is 0 Å². The average molecular weight is 306 g/mol. The smallest absolute Gasteiger partial charge is 0.315 e. The van der Waals surface area contributed by atoms with Gasteiger partial charge in [0.1, 0.15) is 0 Å². The molecule has 1 saturated carbocycles. The van der Waals surface area contributed by atoms with Gasteiger partial charge in [-0.3, -0.25) is 0 Å². The predicted molar refractivity (Wildman–Crippen MR) is 84.4 cm³/mol. The first-order valence-corrected chi connectivity index (χ1v) is 8.10. The van der Waals surface area contributed by atoms with E-state index >= 15 is 0 Å². The number of rotatable bonds is 7. The monoisotopic (exact) mass is 306 g/mol. The molecule has 0 aliphatic heterocycles. The highest BCUT2D eigenvalue weighted by Gasteiger charge is 2.23. The third-order valence-electron chi connectivity index (χ3n) is 4.09. The molecule has 0 bridgehead atoms. The molecule has 2 N–H and O–H groups in total. The highest BCUT2D eigenvalue weighted by atomic mass is 16.5. The van der Waals surface area contributed by atoms with Crippen LogP contribution in [0.2, 0.25) is 0 Å². The summed E-state index contributed by atoms with van der Waals surface area (Å²) in [6.45, 7) is 0.997. The number of nitrogens with zero attached hydrogens (tertiary/aromatic N) is 2. The van der Waals surface area contributed by atoms with Gasteiger partial charge in [0.25, 0.3) is 0 Å². The van der Waals surface area contributed by atoms with Crippen LogP contribution in [-0.2, 0) is 4.74 Å². The Kier molecular flexibility index (Phi) is 7.09. The summed E-state index contributed by atoms with van der Waals surface area (Å²) in [6, 6.07) is 1.47. The minimum atomic E-state index is -0.190. The van der Waals surface area contributed by atoms with E-state index in [-0.39, 0.29) is 12.1 Å². The average Bonchev–Trinajstić information content (AvgIpc) is 2.56. The van der Waals surface area contributed by atoms with E-state index in [4.69, 9.17) is 4.74 Å². The third-order valence-corrected chi connectivity index (χ3v) is 4.09. The fourth-order valence-electron chi connectivity index (χ4n) is 2.95. The largest absolute Gasteiger partial charge is 0.383 e. The first kappa shape index (κ1) is 16.7. The Labute approximate surface area is 132 Å². The Hall–Kier alpha value is -1.69. The Morgan fingerprint density at radius 2 is 2.05 bits per heavy atom. The lowest BCUT2D eigenvalue weighted by Gasteiger charge is -2.26. The van der Waals surface area contributed by atoms with E-state index in [9.17, 15) is 4.79 Å². The van der Waals surface area contributed by atoms with Crippen molar-refractivity contribution in [3.63, 3.8) is 0 Å². The van der Waals surface area contributed by atoms with E-state index in [1.54, 1.807) is 25.6 Å². The maximum absolute atomic E-state index is 12.0. The maximum Gasteiger partial charge on any atom is 0.315 e. The molecule has 0 aromatic carbocycles. The normalized spacial score (nSPS) is 17.0. The van der Waals surface area contributed by atoms with Gasteiger partial charge >= 0.3 is 6.03 Å². The van der Waals surface area contributed by atoms with Crippen LogP contribution in [0, 0.1) is 5.92 Å². The Bertz CT molecular complexity index is 435. The summed E-state index contributed by atoms with van der Waals surface area (Å²) in [7, 11) is 1.61. The minimum Gasteiger partial charge on any atom is -0.383 e. The molecule has 0 unspecified atom stereocenters. The first-order valence-electron chi connectivity index (χ1n) is 8.10. The second-order valence-electron chi connectivity index (χ2n) is 5.79. The molecule has 2 amide bonds. The molecule has 6 heteroatoms. The molecule has 1 atom stereocenters. The van der Waals surface area contributed by atoms with Crippen LogP contribution in [0.1, 0.15) is 50.4 Å². The standard InChI is InChI=1S/C16H26N4O2/c1-22-11-10-19-16(21)20-14(15-17-8-5-9-18-15)12-13-6-3-2-4-7-13/h5,8-9,13-14H,2-4,6-7,10-12H2,1H3,(H2,19,20,21)/t14-/m1/s1. The van der Waals surface area contributed by atoms with Crippen LogP contribution in [0.5, 0.6) is 0 Å². The SMILES string of the molecule is COCCNC(=O)N[C@H](CC1CCCCC1)c1ncccn1. The summed E-state index contributed by atoms with van der Waals surface area (Å²) in [6.07, 6.45) is 10.7. The van der Waals surface area contributed by atoms with Crippen molar-refractivity contribution >= 4 is 6.03 Å². The number of carbonyl (C=O) groups excluding carboxylic acids is 1. The van der Waals surface area contributed by atoms with Crippen molar-refractivity contribution in [2.45, 2.75) is 44.6 Å². The molecule has 22 heavy (non-hydrogen) atoms. The van der Waals surface area contributed by atoms with Gasteiger partial charge in [-0.2, -0.15) is 0 Å². The van der Waals surface area contributed by atoms with Crippen molar-refractivity contribution in [1.29, 1.82) is 0 Å². The molecule has 2 rings (SSSR count). The number of nitrogens with one attached hydrogen (secondary N) is 2. The molecule has 0 saturated heterocycles. The minimum absolute atomic E-state index is 0.133. The van der Waals surface area contributed by atoms with Crippen molar-refractivity contribution in [1.82, 2.24) is 20.6 Å². The fourth-order valence-corrected chi connectivity index (χ4v) is 2.95. The van der Waals surface area contributed by atoms with E-state index in [1.807, 2.05) is 0 Å². The van der Waals surface area contributed by atoms with Gasteiger partial charge in [0.15, 0.2) is 5.82 Å². The molecule has 1 aromatic rings. The second-order valence-corrected chi connectivity index (χ2v) is 5.79. The third kappa shape index (κ3) is 5.60. The summed E-state index contributed by atoms with van der Waals surface area (Å²) in [5.41, 5.74) is 0. The number of ether oxygens (including phenoxy) is 1. The lowest BCUT2D eigenvalue weighted by molar-refractivity contribution is 0.194. The number of hydrogen-bond donors (Lipinski definition) is 2. The summed E-state index contributed by atoms with van der Waals surface area (Å²) in [4.78, 5) is 20.6. The molecule has 0 radical (unpaired) electrons. The van der Waals surface area contributed by atoms with Crippen LogP contribution in [-0.4, -0.2) is 36.3 Å². The van der Waals surface area contributed by atoms with Gasteiger partial charge in [-0.25, -0.2) is 14.8 Å². The molecular weight excluding hydrogens is 280 g/mol. The summed E-state index contributed by atoms with van der Waals surface area (Å²) >= 11 is 0. The van der Waals surface area contributed by atoms with Crippen molar-refractivity contribution in [2.75, 3.05) is 20.3 Å². The van der Waals surface area contributed by atoms with Gasteiger partial charge in [0.05, 0.1) is 12.6 Å². The van der Waals surface area contributed by atoms with E-state index in [2.05, 4.69) is 20.6 Å². The van der Waals surface area contributed by atoms with Gasteiger partial charge in [0, 0.05) is 26.0 Å². The zero-order chi connectivity index (χ0) is 15.6. The van der Waals surface area contributed by atoms with Crippen molar-refractivity contribution in [3.05, 3.63) is 24.3 Å². The van der Waals surface area contributed by atoms with Crippen molar-refractivity contribution in [2.24, 2.45) is 5.92 Å². The predicted octanol–water partition coefficient (Wildman–Crippen LogP) is 2.43. The van der Waals surface area contributed by atoms with E-state index in [0.717, 1.165) is 6.42 Å². The molecule has 1 heterocycles. The van der Waals surface area contributed by atoms with Crippen molar-refractivity contribution < 1.29 is 9.53 Å². The summed E-state index contributed by atoms with van der Waals surface area (Å²) in [5, 5.41) is 5.80. The Balaban J connectivity index is 1.93. The highest BCUT2D eigenvalue weighted by Crippen LogP contribution is 2.30. The number of aromatic nitrogens is 2. The molecular formula is C16H26N4O2. The molecule has 1 aliphatic carbocycles. The summed E-state index contributed by atoms with van der Waals surface area (Å²) in [5.74, 6) is 1.33. The molecule has 0 spiro atoms. The van der Waals surface area contributed by atoms with Gasteiger partial charge in [0.2, 0.25) is 0 Å². The number of carbonyl (C=O) groups is 1. The van der Waals surface area contributed by atoms with E-state index in [0.29, 0.717) is 24.9 Å². The van der Waals surface area contributed by atoms with Crippen molar-refractivity contribution in [3.8, 4) is 0 Å². The quantitative estimate of drug-likeness (QED) is 0.759. The van der Waals surface area contributed by atoms with Crippen LogP contribution in [0.3, 0.4) is 0 Å². The van der Waals surface area contributed by atoms with Gasteiger partial charge in [-0.05, 0) is 18.4 Å². The number of methoxy groups -OCH3 is 1. The van der Waals surface area contributed by atoms with Crippen LogP contribution >= 0.6 is 0 Å². The molecule has 1 fully saturated rings. The lowest BCUT2D eigenvalue weighted by atomic mass is 9.84. The molecule has 122 valence electrons. The number of hydrogen-bond acceptors (Lipinski definition) is 4. The Morgan fingerprint density at radius 3 is 2.73 bits per heavy atom. The van der Waals surface area contributed by atoms with Crippen LogP contribution in [0.4, 0.5) is 4.79 Å². The second kappa shape index (κ2) is 9.35. The lowest BCUT2D eigenvalue weighted by Crippen LogP contribution is -2.40. The molecule has 1 aliphatic rings. The highest BCUT2D eigenvalue weighted by molar-refractivity contribution is 5.74.